The number of methoxy groups -OCH3 is 1. The second kappa shape index (κ2) is 6.99. The maximum atomic E-state index is 11.9. The van der Waals surface area contributed by atoms with Crippen molar-refractivity contribution in [2.75, 3.05) is 12.5 Å². The van der Waals surface area contributed by atoms with Gasteiger partial charge in [-0.15, -0.1) is 0 Å². The summed E-state index contributed by atoms with van der Waals surface area (Å²) in [6.45, 7) is 0. The van der Waals surface area contributed by atoms with Crippen LogP contribution in [0.15, 0.2) is 36.7 Å². The Bertz CT molecular complexity index is 628. The molecule has 2 aromatic rings. The maximum Gasteiger partial charge on any atom is 0.289 e. The molecule has 0 bridgehead atoms. The number of rotatable bonds is 6. The van der Waals surface area contributed by atoms with Crippen LogP contribution < -0.4 is 15.6 Å². The monoisotopic (exact) mass is 286 g/mol. The molecule has 0 atom stereocenters. The van der Waals surface area contributed by atoms with Crippen molar-refractivity contribution in [1.82, 2.24) is 15.4 Å². The third kappa shape index (κ3) is 4.00. The molecule has 0 aliphatic carbocycles. The molecule has 7 nitrogen and oxygen atoms in total. The van der Waals surface area contributed by atoms with Gasteiger partial charge in [-0.1, -0.05) is 0 Å². The second-order valence-corrected chi connectivity index (χ2v) is 4.07. The first-order valence-corrected chi connectivity index (χ1v) is 6.18. The summed E-state index contributed by atoms with van der Waals surface area (Å²) < 4.78 is 5.04. The Labute approximate surface area is 121 Å². The average molecular weight is 286 g/mol. The maximum absolute atomic E-state index is 11.9. The largest absolute Gasteiger partial charge is 0.497 e. The molecule has 108 valence electrons. The van der Waals surface area contributed by atoms with E-state index in [0.717, 1.165) is 5.75 Å². The first-order valence-electron chi connectivity index (χ1n) is 6.18. The molecule has 1 aromatic carbocycles. The quantitative estimate of drug-likeness (QED) is 0.607. The highest BCUT2D eigenvalue weighted by molar-refractivity contribution is 5.92. The number of nitrogens with zero attached hydrogens (tertiary/aromatic N) is 2. The minimum Gasteiger partial charge on any atom is -0.497 e. The number of nitrogens with one attached hydrogen (secondary N) is 2. The van der Waals surface area contributed by atoms with Crippen LogP contribution in [-0.4, -0.2) is 29.3 Å². The smallest absolute Gasteiger partial charge is 0.289 e. The molecule has 2 N–H and O–H groups in total. The van der Waals surface area contributed by atoms with Gasteiger partial charge in [-0.3, -0.25) is 20.6 Å². The third-order valence-electron chi connectivity index (χ3n) is 2.62. The number of carbonyl (C=O) groups is 2. The summed E-state index contributed by atoms with van der Waals surface area (Å²) in [6, 6.07) is 7.04. The molecule has 1 heterocycles. The van der Waals surface area contributed by atoms with Gasteiger partial charge in [0.1, 0.15) is 17.7 Å². The van der Waals surface area contributed by atoms with E-state index in [-0.39, 0.29) is 12.1 Å². The second-order valence-electron chi connectivity index (χ2n) is 4.07. The van der Waals surface area contributed by atoms with Gasteiger partial charge in [0.05, 0.1) is 24.7 Å². The lowest BCUT2D eigenvalue weighted by atomic mass is 10.3. The molecule has 2 rings (SSSR count). The minimum atomic E-state index is -0.439. The number of benzene rings is 1. The summed E-state index contributed by atoms with van der Waals surface area (Å²) in [5, 5.41) is 0. The Kier molecular flexibility index (Phi) is 4.81. The fourth-order valence-electron chi connectivity index (χ4n) is 1.57. The van der Waals surface area contributed by atoms with Gasteiger partial charge < -0.3 is 9.53 Å². The zero-order valence-corrected chi connectivity index (χ0v) is 11.4. The molecule has 7 heteroatoms. The molecule has 0 radical (unpaired) electrons. The summed E-state index contributed by atoms with van der Waals surface area (Å²) in [7, 11) is 1.58. The lowest BCUT2D eigenvalue weighted by molar-refractivity contribution is -0.107. The van der Waals surface area contributed by atoms with Crippen molar-refractivity contribution >= 4 is 17.9 Å². The van der Waals surface area contributed by atoms with Crippen LogP contribution in [0, 0.1) is 0 Å². The highest BCUT2D eigenvalue weighted by atomic mass is 16.5. The predicted molar refractivity (Wildman–Crippen MR) is 75.9 cm³/mol. The lowest BCUT2D eigenvalue weighted by Crippen LogP contribution is -2.30. The molecule has 0 aliphatic rings. The van der Waals surface area contributed by atoms with E-state index < -0.39 is 5.91 Å². The highest BCUT2D eigenvalue weighted by Crippen LogP contribution is 2.14. The zero-order valence-electron chi connectivity index (χ0n) is 11.4. The summed E-state index contributed by atoms with van der Waals surface area (Å²) in [4.78, 5) is 30.2. The highest BCUT2D eigenvalue weighted by Gasteiger charge is 2.08. The van der Waals surface area contributed by atoms with E-state index in [0.29, 0.717) is 17.7 Å². The fraction of sp³-hybridized carbons (Fsp3) is 0.143. The number of ether oxygens (including phenoxy) is 1. The molecular formula is C14H14N4O3. The van der Waals surface area contributed by atoms with Crippen molar-refractivity contribution in [2.45, 2.75) is 6.42 Å². The molecule has 1 aromatic heterocycles. The van der Waals surface area contributed by atoms with Crippen LogP contribution in [0.25, 0.3) is 0 Å². The fourth-order valence-corrected chi connectivity index (χ4v) is 1.57. The van der Waals surface area contributed by atoms with E-state index in [9.17, 15) is 9.59 Å². The van der Waals surface area contributed by atoms with Crippen LogP contribution in [-0.2, 0) is 11.2 Å². The zero-order chi connectivity index (χ0) is 15.1. The summed E-state index contributed by atoms with van der Waals surface area (Å²) in [5.41, 5.74) is 6.53. The van der Waals surface area contributed by atoms with Gasteiger partial charge >= 0.3 is 0 Å². The number of carbonyl (C=O) groups excluding carboxylic acids is 2. The first-order chi connectivity index (χ1) is 10.2. The van der Waals surface area contributed by atoms with E-state index >= 15 is 0 Å². The van der Waals surface area contributed by atoms with Gasteiger partial charge in [0, 0.05) is 12.6 Å². The van der Waals surface area contributed by atoms with Crippen molar-refractivity contribution in [2.24, 2.45) is 0 Å². The number of hydrogen-bond donors (Lipinski definition) is 2. The molecule has 21 heavy (non-hydrogen) atoms. The van der Waals surface area contributed by atoms with Crippen molar-refractivity contribution in [1.29, 1.82) is 0 Å². The van der Waals surface area contributed by atoms with Gasteiger partial charge in [-0.25, -0.2) is 4.98 Å². The standard InChI is InChI=1S/C14H14N4O3/c1-21-12-4-2-10(3-5-12)17-18-14(20)13-9-15-8-11(16-13)6-7-19/h2-5,7-9,17H,6H2,1H3,(H,18,20). The molecule has 0 saturated heterocycles. The van der Waals surface area contributed by atoms with Crippen LogP contribution in [0.5, 0.6) is 5.75 Å². The number of hydrogen-bond acceptors (Lipinski definition) is 6. The average Bonchev–Trinajstić information content (AvgIpc) is 2.53. The summed E-state index contributed by atoms with van der Waals surface area (Å²) in [5.74, 6) is 0.283. The summed E-state index contributed by atoms with van der Waals surface area (Å²) in [6.07, 6.45) is 3.61. The van der Waals surface area contributed by atoms with Crippen LogP contribution in [0.2, 0.25) is 0 Å². The Morgan fingerprint density at radius 3 is 2.71 bits per heavy atom. The Hall–Kier alpha value is -2.96. The Morgan fingerprint density at radius 2 is 2.05 bits per heavy atom. The van der Waals surface area contributed by atoms with E-state index in [1.807, 2.05) is 0 Å². The van der Waals surface area contributed by atoms with Gasteiger partial charge in [0.2, 0.25) is 0 Å². The van der Waals surface area contributed by atoms with Gasteiger partial charge in [0.15, 0.2) is 0 Å². The number of amides is 1. The third-order valence-corrected chi connectivity index (χ3v) is 2.62. The minimum absolute atomic E-state index is 0.125. The molecule has 0 fully saturated rings. The van der Waals surface area contributed by atoms with Gasteiger partial charge in [-0.2, -0.15) is 0 Å². The topological polar surface area (TPSA) is 93.2 Å². The van der Waals surface area contributed by atoms with E-state index in [2.05, 4.69) is 20.8 Å². The van der Waals surface area contributed by atoms with Crippen molar-refractivity contribution < 1.29 is 14.3 Å². The van der Waals surface area contributed by atoms with E-state index in [1.165, 1.54) is 12.4 Å². The Balaban J connectivity index is 1.97. The normalized spacial score (nSPS) is 9.76. The molecule has 0 saturated carbocycles. The number of aromatic nitrogens is 2. The van der Waals surface area contributed by atoms with Crippen molar-refractivity contribution in [3.05, 3.63) is 48.0 Å². The molecular weight excluding hydrogens is 272 g/mol. The SMILES string of the molecule is COc1ccc(NNC(=O)c2cncc(CC=O)n2)cc1. The number of hydrazine groups is 1. The van der Waals surface area contributed by atoms with Crippen LogP contribution in [0.3, 0.4) is 0 Å². The molecule has 0 unspecified atom stereocenters. The molecule has 1 amide bonds. The van der Waals surface area contributed by atoms with Crippen molar-refractivity contribution in [3.63, 3.8) is 0 Å². The lowest BCUT2D eigenvalue weighted by Gasteiger charge is -2.09. The van der Waals surface area contributed by atoms with Crippen LogP contribution >= 0.6 is 0 Å². The van der Waals surface area contributed by atoms with Crippen LogP contribution in [0.1, 0.15) is 16.2 Å². The number of anilines is 1. The first kappa shape index (κ1) is 14.4. The number of aldehydes is 1. The van der Waals surface area contributed by atoms with E-state index in [4.69, 9.17) is 4.74 Å². The summed E-state index contributed by atoms with van der Waals surface area (Å²) >= 11 is 0. The van der Waals surface area contributed by atoms with Gasteiger partial charge in [0.25, 0.3) is 5.91 Å². The molecule has 0 spiro atoms. The Morgan fingerprint density at radius 1 is 1.29 bits per heavy atom. The van der Waals surface area contributed by atoms with E-state index in [1.54, 1.807) is 31.4 Å². The van der Waals surface area contributed by atoms with Gasteiger partial charge in [-0.05, 0) is 24.3 Å². The van der Waals surface area contributed by atoms with Crippen LogP contribution in [0.4, 0.5) is 5.69 Å². The molecule has 0 aliphatic heterocycles. The predicted octanol–water partition coefficient (Wildman–Crippen LogP) is 0.983. The van der Waals surface area contributed by atoms with Crippen molar-refractivity contribution in [3.8, 4) is 5.75 Å².